The molecule has 1 atom stereocenters. The first-order chi connectivity index (χ1) is 8.79. The fraction of sp³-hybridized carbons (Fsp3) is 0.769. The largest absolute Gasteiger partial charge is 0.342 e. The van der Waals surface area contributed by atoms with Gasteiger partial charge in [0.2, 0.25) is 11.8 Å². The first-order valence-electron chi connectivity index (χ1n) is 6.91. The molecule has 1 aromatic heterocycles. The number of aromatic nitrogens is 2. The van der Waals surface area contributed by atoms with Crippen LogP contribution in [0.5, 0.6) is 0 Å². The number of rotatable bonds is 4. The van der Waals surface area contributed by atoms with Crippen LogP contribution in [-0.2, 0) is 4.79 Å². The number of hydrogen-bond acceptors (Lipinski definition) is 4. The Bertz CT molecular complexity index is 476. The van der Waals surface area contributed by atoms with Crippen molar-refractivity contribution in [3.05, 3.63) is 11.7 Å². The highest BCUT2D eigenvalue weighted by Crippen LogP contribution is 2.40. The molecule has 0 unspecified atom stereocenters. The third-order valence-corrected chi connectivity index (χ3v) is 4.14. The number of amides is 1. The number of likely N-dealkylation sites (tertiary alicyclic amines) is 1. The summed E-state index contributed by atoms with van der Waals surface area (Å²) < 4.78 is 5.27. The number of carbonyl (C=O) groups is 1. The number of hydrogen-bond donors (Lipinski definition) is 0. The molecule has 96 valence electrons. The van der Waals surface area contributed by atoms with E-state index in [4.69, 9.17) is 4.52 Å². The van der Waals surface area contributed by atoms with Crippen LogP contribution in [-0.4, -0.2) is 34.0 Å². The normalized spacial score (nSPS) is 28.1. The number of nitrogens with zero attached hydrogens (tertiary/aromatic N) is 3. The van der Waals surface area contributed by atoms with Gasteiger partial charge in [-0.15, -0.1) is 0 Å². The third kappa shape index (κ3) is 1.91. The summed E-state index contributed by atoms with van der Waals surface area (Å²) in [5.74, 6) is 3.16. The van der Waals surface area contributed by atoms with Crippen LogP contribution < -0.4 is 0 Å². The minimum absolute atomic E-state index is 0.146. The van der Waals surface area contributed by atoms with Gasteiger partial charge in [-0.2, -0.15) is 4.98 Å². The average Bonchev–Trinajstić information content (AvgIpc) is 3.27. The highest BCUT2D eigenvalue weighted by atomic mass is 16.5. The molecule has 5 heteroatoms. The molecular weight excluding hydrogens is 230 g/mol. The van der Waals surface area contributed by atoms with Crippen molar-refractivity contribution in [2.24, 2.45) is 5.92 Å². The van der Waals surface area contributed by atoms with Crippen LogP contribution in [0.4, 0.5) is 0 Å². The monoisotopic (exact) mass is 247 g/mol. The molecule has 18 heavy (non-hydrogen) atoms. The van der Waals surface area contributed by atoms with Crippen LogP contribution in [0.3, 0.4) is 0 Å². The fourth-order valence-electron chi connectivity index (χ4n) is 2.64. The second-order valence-corrected chi connectivity index (χ2v) is 5.91. The lowest BCUT2D eigenvalue weighted by atomic mass is 10.1. The molecule has 0 bridgehead atoms. The lowest BCUT2D eigenvalue weighted by Gasteiger charge is -2.14. The Labute approximate surface area is 106 Å². The van der Waals surface area contributed by atoms with Crippen molar-refractivity contribution in [3.63, 3.8) is 0 Å². The zero-order valence-corrected chi connectivity index (χ0v) is 10.3. The highest BCUT2D eigenvalue weighted by molar-refractivity contribution is 5.79. The van der Waals surface area contributed by atoms with Crippen LogP contribution >= 0.6 is 0 Å². The van der Waals surface area contributed by atoms with Crippen molar-refractivity contribution in [1.82, 2.24) is 15.0 Å². The molecule has 0 radical (unpaired) electrons. The van der Waals surface area contributed by atoms with Gasteiger partial charge in [0, 0.05) is 31.3 Å². The molecule has 1 aromatic rings. The Morgan fingerprint density at radius 1 is 1.22 bits per heavy atom. The molecule has 3 fully saturated rings. The van der Waals surface area contributed by atoms with Crippen molar-refractivity contribution in [2.75, 3.05) is 13.1 Å². The average molecular weight is 247 g/mol. The van der Waals surface area contributed by atoms with E-state index in [1.54, 1.807) is 0 Å². The maximum Gasteiger partial charge on any atom is 0.229 e. The Hall–Kier alpha value is -1.39. The zero-order valence-electron chi connectivity index (χ0n) is 10.3. The summed E-state index contributed by atoms with van der Waals surface area (Å²) >= 11 is 0. The summed E-state index contributed by atoms with van der Waals surface area (Å²) in [4.78, 5) is 18.4. The fourth-order valence-corrected chi connectivity index (χ4v) is 2.64. The lowest BCUT2D eigenvalue weighted by molar-refractivity contribution is -0.127. The Morgan fingerprint density at radius 2 is 2.06 bits per heavy atom. The molecule has 2 heterocycles. The van der Waals surface area contributed by atoms with Crippen molar-refractivity contribution >= 4 is 5.91 Å². The second-order valence-electron chi connectivity index (χ2n) is 5.91. The Kier molecular flexibility index (Phi) is 2.22. The van der Waals surface area contributed by atoms with E-state index in [1.165, 1.54) is 25.7 Å². The van der Waals surface area contributed by atoms with E-state index >= 15 is 0 Å². The van der Waals surface area contributed by atoms with E-state index in [1.807, 2.05) is 4.90 Å². The van der Waals surface area contributed by atoms with Crippen LogP contribution in [0.15, 0.2) is 4.52 Å². The quantitative estimate of drug-likeness (QED) is 0.812. The van der Waals surface area contributed by atoms with Gasteiger partial charge in [0.05, 0.1) is 0 Å². The lowest BCUT2D eigenvalue weighted by Crippen LogP contribution is -2.27. The molecule has 1 amide bonds. The maximum absolute atomic E-state index is 11.9. The molecule has 0 spiro atoms. The second kappa shape index (κ2) is 3.80. The van der Waals surface area contributed by atoms with Crippen LogP contribution in [0.25, 0.3) is 0 Å². The third-order valence-electron chi connectivity index (χ3n) is 4.14. The smallest absolute Gasteiger partial charge is 0.229 e. The molecule has 3 aliphatic rings. The first-order valence-corrected chi connectivity index (χ1v) is 6.91. The van der Waals surface area contributed by atoms with E-state index in [9.17, 15) is 4.79 Å². The topological polar surface area (TPSA) is 59.2 Å². The van der Waals surface area contributed by atoms with Gasteiger partial charge in [0.15, 0.2) is 5.82 Å². The summed E-state index contributed by atoms with van der Waals surface area (Å²) in [6.45, 7) is 1.71. The molecule has 0 N–H and O–H groups in total. The first kappa shape index (κ1) is 10.5. The van der Waals surface area contributed by atoms with Gasteiger partial charge in [0.25, 0.3) is 0 Å². The van der Waals surface area contributed by atoms with Crippen LogP contribution in [0, 0.1) is 5.92 Å². The predicted octanol–water partition coefficient (Wildman–Crippen LogP) is 1.67. The van der Waals surface area contributed by atoms with Gasteiger partial charge in [-0.3, -0.25) is 4.79 Å². The SMILES string of the molecule is O=C1C[C@@H](c2noc(C3CC3)n2)CN1CC1CC1. The summed E-state index contributed by atoms with van der Waals surface area (Å²) in [7, 11) is 0. The van der Waals surface area contributed by atoms with Crippen LogP contribution in [0.2, 0.25) is 0 Å². The van der Waals surface area contributed by atoms with Crippen molar-refractivity contribution in [3.8, 4) is 0 Å². The summed E-state index contributed by atoms with van der Waals surface area (Å²) in [6.07, 6.45) is 5.44. The van der Waals surface area contributed by atoms with Crippen molar-refractivity contribution < 1.29 is 9.32 Å². The summed E-state index contributed by atoms with van der Waals surface area (Å²) in [5.41, 5.74) is 0. The van der Waals surface area contributed by atoms with E-state index in [2.05, 4.69) is 10.1 Å². The Morgan fingerprint density at radius 3 is 2.78 bits per heavy atom. The van der Waals surface area contributed by atoms with Gasteiger partial charge in [-0.1, -0.05) is 5.16 Å². The molecular formula is C13H17N3O2. The molecule has 0 aromatic carbocycles. The molecule has 2 saturated carbocycles. The van der Waals surface area contributed by atoms with Gasteiger partial charge in [0.1, 0.15) is 0 Å². The van der Waals surface area contributed by atoms with Crippen LogP contribution in [0.1, 0.15) is 55.7 Å². The summed E-state index contributed by atoms with van der Waals surface area (Å²) in [5, 5.41) is 4.06. The minimum Gasteiger partial charge on any atom is -0.342 e. The van der Waals surface area contributed by atoms with E-state index in [0.717, 1.165) is 30.7 Å². The van der Waals surface area contributed by atoms with Crippen molar-refractivity contribution in [2.45, 2.75) is 43.9 Å². The van der Waals surface area contributed by atoms with Gasteiger partial charge in [-0.05, 0) is 31.6 Å². The van der Waals surface area contributed by atoms with E-state index in [-0.39, 0.29) is 11.8 Å². The molecule has 1 aliphatic heterocycles. The Balaban J connectivity index is 1.45. The summed E-state index contributed by atoms with van der Waals surface area (Å²) in [6, 6.07) is 0. The van der Waals surface area contributed by atoms with Gasteiger partial charge in [-0.25, -0.2) is 0 Å². The highest BCUT2D eigenvalue weighted by Gasteiger charge is 2.37. The maximum atomic E-state index is 11.9. The molecule has 4 rings (SSSR count). The zero-order chi connectivity index (χ0) is 12.1. The minimum atomic E-state index is 0.146. The molecule has 5 nitrogen and oxygen atoms in total. The molecule has 1 saturated heterocycles. The van der Waals surface area contributed by atoms with E-state index in [0.29, 0.717) is 12.3 Å². The predicted molar refractivity (Wildman–Crippen MR) is 62.9 cm³/mol. The van der Waals surface area contributed by atoms with Crippen molar-refractivity contribution in [1.29, 1.82) is 0 Å². The molecule has 2 aliphatic carbocycles. The van der Waals surface area contributed by atoms with Gasteiger partial charge >= 0.3 is 0 Å². The standard InChI is InChI=1S/C13H17N3O2/c17-11-5-10(7-16(11)6-8-1-2-8)12-14-13(18-15-12)9-3-4-9/h8-10H,1-7H2/t10-/m1/s1. The number of carbonyl (C=O) groups excluding carboxylic acids is 1. The van der Waals surface area contributed by atoms with Gasteiger partial charge < -0.3 is 9.42 Å². The van der Waals surface area contributed by atoms with E-state index < -0.39 is 0 Å².